The molecule has 72 valence electrons. The van der Waals surface area contributed by atoms with E-state index in [1.54, 1.807) is 17.0 Å². The van der Waals surface area contributed by atoms with E-state index in [1.165, 1.54) is 6.20 Å². The lowest BCUT2D eigenvalue weighted by atomic mass is 10.3. The molecule has 0 bridgehead atoms. The summed E-state index contributed by atoms with van der Waals surface area (Å²) in [5, 5.41) is 0. The molecule has 4 nitrogen and oxygen atoms in total. The summed E-state index contributed by atoms with van der Waals surface area (Å²) in [7, 11) is 0. The van der Waals surface area contributed by atoms with E-state index >= 15 is 0 Å². The second kappa shape index (κ2) is 3.17. The molecular formula is C9H9FN4. The molecule has 0 saturated carbocycles. The van der Waals surface area contributed by atoms with E-state index in [0.29, 0.717) is 5.82 Å². The summed E-state index contributed by atoms with van der Waals surface area (Å²) in [5.41, 5.74) is 0.813. The average molecular weight is 192 g/mol. The number of aryl methyl sites for hydroxylation is 2. The normalized spacial score (nSPS) is 10.5. The number of imidazole rings is 1. The Balaban J connectivity index is 2.62. The zero-order chi connectivity index (χ0) is 10.1. The summed E-state index contributed by atoms with van der Waals surface area (Å²) in [4.78, 5) is 11.2. The number of hydrogen-bond acceptors (Lipinski definition) is 3. The lowest BCUT2D eigenvalue weighted by Crippen LogP contribution is -2.04. The highest BCUT2D eigenvalue weighted by molar-refractivity contribution is 5.31. The first-order valence-electron chi connectivity index (χ1n) is 4.18. The van der Waals surface area contributed by atoms with Crippen LogP contribution in [-0.2, 0) is 0 Å². The van der Waals surface area contributed by atoms with Gasteiger partial charge in [0.1, 0.15) is 11.6 Å². The van der Waals surface area contributed by atoms with E-state index < -0.39 is 6.08 Å². The second-order valence-electron chi connectivity index (χ2n) is 2.99. The first-order valence-corrected chi connectivity index (χ1v) is 4.18. The van der Waals surface area contributed by atoms with Gasteiger partial charge in [-0.15, -0.1) is 0 Å². The highest BCUT2D eigenvalue weighted by Gasteiger charge is 2.07. The summed E-state index contributed by atoms with van der Waals surface area (Å²) >= 11 is 0. The summed E-state index contributed by atoms with van der Waals surface area (Å²) in [5.74, 6) is 1.30. The van der Waals surface area contributed by atoms with E-state index in [9.17, 15) is 4.39 Å². The molecule has 0 aliphatic rings. The smallest absolute Gasteiger partial charge is 0.288 e. The van der Waals surface area contributed by atoms with Crippen molar-refractivity contribution < 1.29 is 4.39 Å². The molecule has 0 fully saturated rings. The fourth-order valence-electron chi connectivity index (χ4n) is 1.26. The molecule has 2 heterocycles. The lowest BCUT2D eigenvalue weighted by Gasteiger charge is -2.06. The number of aromatic nitrogens is 4. The molecule has 0 unspecified atom stereocenters. The van der Waals surface area contributed by atoms with Gasteiger partial charge >= 0.3 is 6.08 Å². The largest absolute Gasteiger partial charge is 0.310 e. The molecule has 0 N–H and O–H groups in total. The molecule has 0 aliphatic heterocycles. The fraction of sp³-hybridized carbons (Fsp3) is 0.222. The van der Waals surface area contributed by atoms with Crippen molar-refractivity contribution >= 4 is 0 Å². The zero-order valence-corrected chi connectivity index (χ0v) is 7.90. The number of rotatable bonds is 1. The highest BCUT2D eigenvalue weighted by atomic mass is 19.1. The van der Waals surface area contributed by atoms with Crippen LogP contribution >= 0.6 is 0 Å². The Hall–Kier alpha value is -1.78. The van der Waals surface area contributed by atoms with E-state index in [4.69, 9.17) is 0 Å². The third kappa shape index (κ3) is 1.37. The predicted octanol–water partition coefficient (Wildman–Crippen LogP) is 1.42. The lowest BCUT2D eigenvalue weighted by molar-refractivity contribution is 0.533. The maximum Gasteiger partial charge on any atom is 0.310 e. The van der Waals surface area contributed by atoms with Gasteiger partial charge in [-0.25, -0.2) is 9.97 Å². The van der Waals surface area contributed by atoms with E-state index in [1.807, 2.05) is 13.8 Å². The molecule has 14 heavy (non-hydrogen) atoms. The van der Waals surface area contributed by atoms with Gasteiger partial charge in [-0.2, -0.15) is 9.37 Å². The summed E-state index contributed by atoms with van der Waals surface area (Å²) in [6.07, 6.45) is 4.12. The van der Waals surface area contributed by atoms with Gasteiger partial charge in [0.15, 0.2) is 0 Å². The standard InChI is InChI=1S/C9H9FN4/c1-6-5-12-9(10)13-8(6)14-4-3-11-7(14)2/h3-5H,1-2H3. The Labute approximate surface area is 80.5 Å². The summed E-state index contributed by atoms with van der Waals surface area (Å²) in [6.45, 7) is 3.66. The van der Waals surface area contributed by atoms with Crippen LogP contribution in [0.25, 0.3) is 5.82 Å². The van der Waals surface area contributed by atoms with Gasteiger partial charge in [-0.05, 0) is 13.8 Å². The van der Waals surface area contributed by atoms with Crippen LogP contribution in [0.1, 0.15) is 11.4 Å². The minimum Gasteiger partial charge on any atom is -0.288 e. The van der Waals surface area contributed by atoms with Gasteiger partial charge in [0.2, 0.25) is 0 Å². The Morgan fingerprint density at radius 3 is 2.71 bits per heavy atom. The molecule has 0 saturated heterocycles. The maximum absolute atomic E-state index is 12.8. The third-order valence-corrected chi connectivity index (χ3v) is 1.97. The Kier molecular flexibility index (Phi) is 1.99. The monoisotopic (exact) mass is 192 g/mol. The van der Waals surface area contributed by atoms with Gasteiger partial charge in [-0.1, -0.05) is 0 Å². The molecule has 0 spiro atoms. The van der Waals surface area contributed by atoms with Crippen molar-refractivity contribution in [1.82, 2.24) is 19.5 Å². The van der Waals surface area contributed by atoms with Crippen LogP contribution in [0.5, 0.6) is 0 Å². The van der Waals surface area contributed by atoms with Crippen LogP contribution in [0.15, 0.2) is 18.6 Å². The van der Waals surface area contributed by atoms with Crippen LogP contribution in [0, 0.1) is 19.9 Å². The minimum absolute atomic E-state index is 0.535. The number of hydrogen-bond donors (Lipinski definition) is 0. The molecular weight excluding hydrogens is 183 g/mol. The third-order valence-electron chi connectivity index (χ3n) is 1.97. The van der Waals surface area contributed by atoms with Crippen LogP contribution < -0.4 is 0 Å². The number of halogens is 1. The van der Waals surface area contributed by atoms with Crippen LogP contribution in [-0.4, -0.2) is 19.5 Å². The first kappa shape index (κ1) is 8.80. The van der Waals surface area contributed by atoms with E-state index in [-0.39, 0.29) is 0 Å². The molecule has 5 heteroatoms. The van der Waals surface area contributed by atoms with Gasteiger partial charge in [0.25, 0.3) is 0 Å². The van der Waals surface area contributed by atoms with Crippen LogP contribution in [0.3, 0.4) is 0 Å². The van der Waals surface area contributed by atoms with E-state index in [2.05, 4.69) is 15.0 Å². The van der Waals surface area contributed by atoms with Gasteiger partial charge in [0, 0.05) is 24.2 Å². The van der Waals surface area contributed by atoms with Gasteiger partial charge in [0.05, 0.1) is 0 Å². The molecule has 0 aromatic carbocycles. The quantitative estimate of drug-likeness (QED) is 0.642. The Morgan fingerprint density at radius 1 is 1.29 bits per heavy atom. The number of nitrogens with zero attached hydrogens (tertiary/aromatic N) is 4. The Morgan fingerprint density at radius 2 is 2.07 bits per heavy atom. The average Bonchev–Trinajstić information content (AvgIpc) is 2.56. The SMILES string of the molecule is Cc1cnc(F)nc1-n1ccnc1C. The fourth-order valence-corrected chi connectivity index (χ4v) is 1.26. The van der Waals surface area contributed by atoms with E-state index in [0.717, 1.165) is 11.4 Å². The minimum atomic E-state index is -0.723. The molecule has 2 aromatic heterocycles. The molecule has 2 aromatic rings. The van der Waals surface area contributed by atoms with Gasteiger partial charge < -0.3 is 0 Å². The Bertz CT molecular complexity index is 464. The zero-order valence-electron chi connectivity index (χ0n) is 7.90. The van der Waals surface area contributed by atoms with Crippen molar-refractivity contribution in [2.45, 2.75) is 13.8 Å². The van der Waals surface area contributed by atoms with Crippen molar-refractivity contribution in [2.75, 3.05) is 0 Å². The second-order valence-corrected chi connectivity index (χ2v) is 2.99. The molecule has 0 amide bonds. The van der Waals surface area contributed by atoms with Crippen molar-refractivity contribution in [2.24, 2.45) is 0 Å². The first-order chi connectivity index (χ1) is 6.68. The van der Waals surface area contributed by atoms with Gasteiger partial charge in [-0.3, -0.25) is 4.57 Å². The predicted molar refractivity (Wildman–Crippen MR) is 48.6 cm³/mol. The molecule has 2 rings (SSSR count). The molecule has 0 atom stereocenters. The summed E-state index contributed by atoms with van der Waals surface area (Å²) < 4.78 is 14.5. The topological polar surface area (TPSA) is 43.6 Å². The molecule has 0 aliphatic carbocycles. The van der Waals surface area contributed by atoms with Crippen molar-refractivity contribution in [1.29, 1.82) is 0 Å². The highest BCUT2D eigenvalue weighted by Crippen LogP contribution is 2.11. The summed E-state index contributed by atoms with van der Waals surface area (Å²) in [6, 6.07) is 0. The van der Waals surface area contributed by atoms with Crippen LogP contribution in [0.2, 0.25) is 0 Å². The maximum atomic E-state index is 12.8. The van der Waals surface area contributed by atoms with Crippen molar-refractivity contribution in [3.8, 4) is 5.82 Å². The van der Waals surface area contributed by atoms with Crippen molar-refractivity contribution in [3.05, 3.63) is 36.1 Å². The van der Waals surface area contributed by atoms with Crippen LogP contribution in [0.4, 0.5) is 4.39 Å². The molecule has 0 radical (unpaired) electrons. The van der Waals surface area contributed by atoms with Crippen molar-refractivity contribution in [3.63, 3.8) is 0 Å².